The average molecular weight is 270 g/mol. The van der Waals surface area contributed by atoms with Gasteiger partial charge in [-0.3, -0.25) is 9.59 Å². The third-order valence-corrected chi connectivity index (χ3v) is 2.30. The highest BCUT2D eigenvalue weighted by Gasteiger charge is 2.01. The third kappa shape index (κ3) is 6.22. The fraction of sp³-hybridized carbons (Fsp3) is 0.333. The minimum atomic E-state index is -0.153. The number of nitrogens with one attached hydrogen (secondary N) is 3. The zero-order valence-corrected chi connectivity index (χ0v) is 10.9. The Morgan fingerprint density at radius 1 is 1.28 bits per heavy atom. The highest BCUT2D eigenvalue weighted by Crippen LogP contribution is 2.14. The van der Waals surface area contributed by atoms with Crippen LogP contribution in [0.15, 0.2) is 24.3 Å². The number of hydrogen-bond donors (Lipinski definition) is 3. The molecule has 0 bridgehead atoms. The van der Waals surface area contributed by atoms with Crippen molar-refractivity contribution in [1.82, 2.24) is 10.6 Å². The lowest BCUT2D eigenvalue weighted by molar-refractivity contribution is -0.118. The summed E-state index contributed by atoms with van der Waals surface area (Å²) in [6, 6.07) is 6.95. The molecule has 0 fully saturated rings. The van der Waals surface area contributed by atoms with Crippen molar-refractivity contribution >= 4 is 29.1 Å². The van der Waals surface area contributed by atoms with Crippen molar-refractivity contribution in [2.24, 2.45) is 0 Å². The molecule has 2 amide bonds. The number of rotatable bonds is 6. The van der Waals surface area contributed by atoms with E-state index in [4.69, 9.17) is 11.6 Å². The normalized spacial score (nSPS) is 9.89. The van der Waals surface area contributed by atoms with Gasteiger partial charge in [0, 0.05) is 30.7 Å². The highest BCUT2D eigenvalue weighted by molar-refractivity contribution is 6.30. The molecule has 1 rings (SSSR count). The molecule has 0 radical (unpaired) electrons. The van der Waals surface area contributed by atoms with Gasteiger partial charge in [-0.1, -0.05) is 17.7 Å². The molecule has 1 aromatic rings. The average Bonchev–Trinajstić information content (AvgIpc) is 2.28. The van der Waals surface area contributed by atoms with Gasteiger partial charge in [0.1, 0.15) is 0 Å². The van der Waals surface area contributed by atoms with Crippen LogP contribution in [0.1, 0.15) is 6.92 Å². The Bertz CT molecular complexity index is 424. The molecule has 0 saturated heterocycles. The molecule has 6 heteroatoms. The fourth-order valence-electron chi connectivity index (χ4n) is 1.30. The number of hydrogen-bond acceptors (Lipinski definition) is 3. The van der Waals surface area contributed by atoms with Crippen LogP contribution < -0.4 is 16.0 Å². The van der Waals surface area contributed by atoms with Gasteiger partial charge in [-0.15, -0.1) is 0 Å². The SMILES string of the molecule is CC(=O)NCCNCC(=O)Nc1cccc(Cl)c1. The zero-order chi connectivity index (χ0) is 13.4. The van der Waals surface area contributed by atoms with E-state index in [0.717, 1.165) is 0 Å². The van der Waals surface area contributed by atoms with Gasteiger partial charge in [0.2, 0.25) is 11.8 Å². The third-order valence-electron chi connectivity index (χ3n) is 2.07. The zero-order valence-electron chi connectivity index (χ0n) is 10.1. The number of amides is 2. The summed E-state index contributed by atoms with van der Waals surface area (Å²) in [7, 11) is 0. The van der Waals surface area contributed by atoms with E-state index in [2.05, 4.69) is 16.0 Å². The summed E-state index contributed by atoms with van der Waals surface area (Å²) in [5.74, 6) is -0.236. The first-order chi connectivity index (χ1) is 8.58. The van der Waals surface area contributed by atoms with Gasteiger partial charge in [0.25, 0.3) is 0 Å². The molecule has 98 valence electrons. The number of halogens is 1. The minimum absolute atomic E-state index is 0.0832. The first-order valence-electron chi connectivity index (χ1n) is 5.58. The molecule has 1 aromatic carbocycles. The molecule has 0 aliphatic heterocycles. The second-order valence-corrected chi connectivity index (χ2v) is 4.15. The van der Waals surface area contributed by atoms with Crippen LogP contribution in [0, 0.1) is 0 Å². The molecule has 0 aliphatic carbocycles. The Morgan fingerprint density at radius 3 is 2.72 bits per heavy atom. The molecule has 0 atom stereocenters. The van der Waals surface area contributed by atoms with E-state index in [1.54, 1.807) is 24.3 Å². The maximum atomic E-state index is 11.5. The fourth-order valence-corrected chi connectivity index (χ4v) is 1.49. The highest BCUT2D eigenvalue weighted by atomic mass is 35.5. The summed E-state index contributed by atoms with van der Waals surface area (Å²) in [5.41, 5.74) is 0.663. The Balaban J connectivity index is 2.20. The van der Waals surface area contributed by atoms with Crippen LogP contribution in [-0.2, 0) is 9.59 Å². The Kier molecular flexibility index (Phi) is 6.18. The molecule has 0 heterocycles. The van der Waals surface area contributed by atoms with Crippen molar-refractivity contribution in [1.29, 1.82) is 0 Å². The molecule has 18 heavy (non-hydrogen) atoms. The van der Waals surface area contributed by atoms with Crippen LogP contribution in [0.2, 0.25) is 5.02 Å². The van der Waals surface area contributed by atoms with E-state index in [1.165, 1.54) is 6.92 Å². The van der Waals surface area contributed by atoms with Gasteiger partial charge in [-0.25, -0.2) is 0 Å². The molecule has 0 aromatic heterocycles. The van der Waals surface area contributed by atoms with Crippen LogP contribution in [0.4, 0.5) is 5.69 Å². The Morgan fingerprint density at radius 2 is 2.06 bits per heavy atom. The predicted octanol–water partition coefficient (Wildman–Crippen LogP) is 1.00. The quantitative estimate of drug-likeness (QED) is 0.675. The number of benzene rings is 1. The molecule has 3 N–H and O–H groups in total. The topological polar surface area (TPSA) is 70.2 Å². The van der Waals surface area contributed by atoms with Crippen LogP contribution >= 0.6 is 11.6 Å². The lowest BCUT2D eigenvalue weighted by Gasteiger charge is -2.07. The first kappa shape index (κ1) is 14.5. The Hall–Kier alpha value is -1.59. The summed E-state index contributed by atoms with van der Waals surface area (Å²) >= 11 is 5.80. The lowest BCUT2D eigenvalue weighted by atomic mass is 10.3. The number of anilines is 1. The minimum Gasteiger partial charge on any atom is -0.355 e. The molecular weight excluding hydrogens is 254 g/mol. The molecular formula is C12H16ClN3O2. The molecule has 0 spiro atoms. The van der Waals surface area contributed by atoms with Crippen LogP contribution in [0.5, 0.6) is 0 Å². The molecule has 0 saturated carbocycles. The van der Waals surface area contributed by atoms with Crippen LogP contribution in [0.3, 0.4) is 0 Å². The predicted molar refractivity (Wildman–Crippen MR) is 71.6 cm³/mol. The van der Waals surface area contributed by atoms with Crippen molar-refractivity contribution in [3.8, 4) is 0 Å². The smallest absolute Gasteiger partial charge is 0.238 e. The first-order valence-corrected chi connectivity index (χ1v) is 5.96. The van der Waals surface area contributed by atoms with Crippen molar-refractivity contribution in [2.75, 3.05) is 25.0 Å². The van der Waals surface area contributed by atoms with Gasteiger partial charge in [-0.2, -0.15) is 0 Å². The van der Waals surface area contributed by atoms with Gasteiger partial charge < -0.3 is 16.0 Å². The second-order valence-electron chi connectivity index (χ2n) is 3.72. The van der Waals surface area contributed by atoms with Gasteiger partial charge in [-0.05, 0) is 18.2 Å². The van der Waals surface area contributed by atoms with E-state index in [1.807, 2.05) is 0 Å². The maximum Gasteiger partial charge on any atom is 0.238 e. The van der Waals surface area contributed by atoms with E-state index >= 15 is 0 Å². The standard InChI is InChI=1S/C12H16ClN3O2/c1-9(17)15-6-5-14-8-12(18)16-11-4-2-3-10(13)7-11/h2-4,7,14H,5-6,8H2,1H3,(H,15,17)(H,16,18). The van der Waals surface area contributed by atoms with Crippen molar-refractivity contribution in [3.05, 3.63) is 29.3 Å². The lowest BCUT2D eigenvalue weighted by Crippen LogP contribution is -2.34. The number of carbonyl (C=O) groups excluding carboxylic acids is 2. The largest absolute Gasteiger partial charge is 0.355 e. The second kappa shape index (κ2) is 7.68. The van der Waals surface area contributed by atoms with Gasteiger partial charge in [0.05, 0.1) is 6.54 Å². The number of carbonyl (C=O) groups is 2. The van der Waals surface area contributed by atoms with E-state index in [0.29, 0.717) is 23.8 Å². The Labute approximate surface area is 111 Å². The van der Waals surface area contributed by atoms with Crippen LogP contribution in [-0.4, -0.2) is 31.4 Å². The van der Waals surface area contributed by atoms with E-state index in [-0.39, 0.29) is 18.4 Å². The molecule has 0 unspecified atom stereocenters. The monoisotopic (exact) mass is 269 g/mol. The molecule has 5 nitrogen and oxygen atoms in total. The molecule has 0 aliphatic rings. The van der Waals surface area contributed by atoms with E-state index < -0.39 is 0 Å². The maximum absolute atomic E-state index is 11.5. The van der Waals surface area contributed by atoms with Crippen molar-refractivity contribution in [3.63, 3.8) is 0 Å². The van der Waals surface area contributed by atoms with Crippen LogP contribution in [0.25, 0.3) is 0 Å². The summed E-state index contributed by atoms with van der Waals surface area (Å²) in [4.78, 5) is 22.1. The van der Waals surface area contributed by atoms with Gasteiger partial charge >= 0.3 is 0 Å². The summed E-state index contributed by atoms with van der Waals surface area (Å²) in [6.45, 7) is 2.68. The van der Waals surface area contributed by atoms with Crippen molar-refractivity contribution in [2.45, 2.75) is 6.92 Å². The van der Waals surface area contributed by atoms with Gasteiger partial charge in [0.15, 0.2) is 0 Å². The summed E-state index contributed by atoms with van der Waals surface area (Å²) in [6.07, 6.45) is 0. The summed E-state index contributed by atoms with van der Waals surface area (Å²) < 4.78 is 0. The van der Waals surface area contributed by atoms with E-state index in [9.17, 15) is 9.59 Å². The summed E-state index contributed by atoms with van der Waals surface area (Å²) in [5, 5.41) is 8.83. The van der Waals surface area contributed by atoms with Crippen molar-refractivity contribution < 1.29 is 9.59 Å².